The molecule has 1 aliphatic carbocycles. The highest BCUT2D eigenvalue weighted by atomic mass is 15.3. The van der Waals surface area contributed by atoms with Crippen LogP contribution in [0.3, 0.4) is 0 Å². The van der Waals surface area contributed by atoms with Crippen LogP contribution in [0.1, 0.15) is 43.8 Å². The number of nitrogens with one attached hydrogen (secondary N) is 2. The molecule has 144 valence electrons. The van der Waals surface area contributed by atoms with E-state index in [1.807, 2.05) is 24.6 Å². The summed E-state index contributed by atoms with van der Waals surface area (Å²) < 4.78 is 1.98. The quantitative estimate of drug-likeness (QED) is 0.440. The first kappa shape index (κ1) is 18.9. The molecule has 2 aliphatic rings. The Morgan fingerprint density at radius 2 is 2.12 bits per heavy atom. The minimum absolute atomic E-state index is 0.453. The molecule has 0 aromatic carbocycles. The fourth-order valence-corrected chi connectivity index (χ4v) is 3.93. The van der Waals surface area contributed by atoms with E-state index in [-0.39, 0.29) is 0 Å². The zero-order chi connectivity index (χ0) is 18.4. The average molecular weight is 360 g/mol. The third-order valence-corrected chi connectivity index (χ3v) is 5.58. The first-order valence-corrected chi connectivity index (χ1v) is 9.88. The third kappa shape index (κ3) is 5.06. The van der Waals surface area contributed by atoms with Gasteiger partial charge in [0.25, 0.3) is 0 Å². The molecule has 2 fully saturated rings. The molecule has 0 amide bonds. The molecule has 3 rings (SSSR count). The van der Waals surface area contributed by atoms with Crippen LogP contribution in [-0.4, -0.2) is 57.8 Å². The van der Waals surface area contributed by atoms with Crippen LogP contribution in [0.15, 0.2) is 17.6 Å². The van der Waals surface area contributed by atoms with Gasteiger partial charge in [-0.05, 0) is 32.1 Å². The Balaban J connectivity index is 1.53. The van der Waals surface area contributed by atoms with Crippen molar-refractivity contribution in [3.63, 3.8) is 0 Å². The van der Waals surface area contributed by atoms with Crippen molar-refractivity contribution in [3.8, 4) is 0 Å². The minimum Gasteiger partial charge on any atom is -0.353 e. The standard InChI is InChI=1S/C19H33N7/c1-4-10-20-19(21-12-18-24-23-15(2)25(18)3)22-17-9-11-26(14-17)13-16-7-5-6-8-16/h4,16-17H,1,5-14H2,2-3H3,(H2,20,21,22). The molecule has 1 unspecified atom stereocenters. The van der Waals surface area contributed by atoms with E-state index in [0.717, 1.165) is 30.1 Å². The van der Waals surface area contributed by atoms with Crippen molar-refractivity contribution in [1.29, 1.82) is 0 Å². The second-order valence-corrected chi connectivity index (χ2v) is 7.60. The normalized spacial score (nSPS) is 22.1. The predicted octanol–water partition coefficient (Wildman–Crippen LogP) is 1.61. The van der Waals surface area contributed by atoms with Crippen molar-refractivity contribution >= 4 is 5.96 Å². The summed E-state index contributed by atoms with van der Waals surface area (Å²) in [6.07, 6.45) is 8.70. The van der Waals surface area contributed by atoms with Crippen LogP contribution in [-0.2, 0) is 13.6 Å². The molecule has 26 heavy (non-hydrogen) atoms. The molecule has 7 heteroatoms. The Morgan fingerprint density at radius 3 is 2.81 bits per heavy atom. The maximum absolute atomic E-state index is 4.70. The van der Waals surface area contributed by atoms with E-state index in [2.05, 4.69) is 32.3 Å². The van der Waals surface area contributed by atoms with E-state index < -0.39 is 0 Å². The predicted molar refractivity (Wildman–Crippen MR) is 105 cm³/mol. The van der Waals surface area contributed by atoms with E-state index in [4.69, 9.17) is 4.99 Å². The summed E-state index contributed by atoms with van der Waals surface area (Å²) in [6.45, 7) is 10.5. The lowest BCUT2D eigenvalue weighted by atomic mass is 10.1. The van der Waals surface area contributed by atoms with Crippen LogP contribution in [0, 0.1) is 12.8 Å². The molecule has 1 aromatic rings. The van der Waals surface area contributed by atoms with Gasteiger partial charge in [0.15, 0.2) is 11.8 Å². The molecule has 1 saturated heterocycles. The molecule has 7 nitrogen and oxygen atoms in total. The molecule has 1 atom stereocenters. The zero-order valence-corrected chi connectivity index (χ0v) is 16.2. The molecule has 0 bridgehead atoms. The fraction of sp³-hybridized carbons (Fsp3) is 0.737. The number of guanidine groups is 1. The second-order valence-electron chi connectivity index (χ2n) is 7.60. The van der Waals surface area contributed by atoms with E-state index in [9.17, 15) is 0 Å². The summed E-state index contributed by atoms with van der Waals surface area (Å²) >= 11 is 0. The van der Waals surface area contributed by atoms with Gasteiger partial charge in [0, 0.05) is 39.3 Å². The Labute approximate surface area is 157 Å². The van der Waals surface area contributed by atoms with E-state index >= 15 is 0 Å². The Kier molecular flexibility index (Phi) is 6.66. The highest BCUT2D eigenvalue weighted by Gasteiger charge is 2.26. The number of aryl methyl sites for hydroxylation is 1. The van der Waals surface area contributed by atoms with Crippen LogP contribution < -0.4 is 10.6 Å². The van der Waals surface area contributed by atoms with Gasteiger partial charge in [-0.15, -0.1) is 16.8 Å². The molecule has 1 aromatic heterocycles. The molecular formula is C19H33N7. The number of aromatic nitrogens is 3. The molecule has 2 N–H and O–H groups in total. The SMILES string of the molecule is C=CCNC(=NCc1nnc(C)n1C)NC1CCN(CC2CCCC2)C1. The summed E-state index contributed by atoms with van der Waals surface area (Å²) in [6, 6.07) is 0.453. The van der Waals surface area contributed by atoms with Gasteiger partial charge >= 0.3 is 0 Å². The Morgan fingerprint density at radius 1 is 1.31 bits per heavy atom. The molecule has 1 aliphatic heterocycles. The van der Waals surface area contributed by atoms with Crippen molar-refractivity contribution in [2.24, 2.45) is 18.0 Å². The van der Waals surface area contributed by atoms with Crippen molar-refractivity contribution < 1.29 is 0 Å². The topological polar surface area (TPSA) is 70.4 Å². The summed E-state index contributed by atoms with van der Waals surface area (Å²) in [7, 11) is 1.97. The Bertz CT molecular complexity index is 615. The third-order valence-electron chi connectivity index (χ3n) is 5.58. The van der Waals surface area contributed by atoms with Gasteiger partial charge < -0.3 is 20.1 Å². The zero-order valence-electron chi connectivity index (χ0n) is 16.2. The van der Waals surface area contributed by atoms with Crippen molar-refractivity contribution in [1.82, 2.24) is 30.3 Å². The van der Waals surface area contributed by atoms with Crippen LogP contribution in [0.2, 0.25) is 0 Å². The fourth-order valence-electron chi connectivity index (χ4n) is 3.93. The van der Waals surface area contributed by atoms with Crippen LogP contribution in [0.5, 0.6) is 0 Å². The summed E-state index contributed by atoms with van der Waals surface area (Å²) in [4.78, 5) is 7.32. The van der Waals surface area contributed by atoms with E-state index in [1.165, 1.54) is 45.2 Å². The van der Waals surface area contributed by atoms with Gasteiger partial charge in [-0.2, -0.15) is 0 Å². The Hall–Kier alpha value is -1.89. The first-order valence-electron chi connectivity index (χ1n) is 9.88. The maximum atomic E-state index is 4.70. The smallest absolute Gasteiger partial charge is 0.192 e. The second kappa shape index (κ2) is 9.16. The van der Waals surface area contributed by atoms with Crippen LogP contribution >= 0.6 is 0 Å². The maximum Gasteiger partial charge on any atom is 0.192 e. The molecule has 2 heterocycles. The molecule has 0 radical (unpaired) electrons. The molecular weight excluding hydrogens is 326 g/mol. The molecule has 1 saturated carbocycles. The van der Waals surface area contributed by atoms with Gasteiger partial charge in [0.1, 0.15) is 12.4 Å². The number of hydrogen-bond donors (Lipinski definition) is 2. The lowest BCUT2D eigenvalue weighted by Gasteiger charge is -2.21. The van der Waals surface area contributed by atoms with Crippen molar-refractivity contribution in [3.05, 3.63) is 24.3 Å². The van der Waals surface area contributed by atoms with E-state index in [1.54, 1.807) is 0 Å². The van der Waals surface area contributed by atoms with Gasteiger partial charge in [-0.25, -0.2) is 4.99 Å². The van der Waals surface area contributed by atoms with Crippen molar-refractivity contribution in [2.75, 3.05) is 26.2 Å². The average Bonchev–Trinajstić information content (AvgIpc) is 3.36. The van der Waals surface area contributed by atoms with Crippen molar-refractivity contribution in [2.45, 2.75) is 51.6 Å². The van der Waals surface area contributed by atoms with Crippen LogP contribution in [0.25, 0.3) is 0 Å². The van der Waals surface area contributed by atoms with Gasteiger partial charge in [0.2, 0.25) is 0 Å². The number of likely N-dealkylation sites (tertiary alicyclic amines) is 1. The summed E-state index contributed by atoms with van der Waals surface area (Å²) in [5.41, 5.74) is 0. The lowest BCUT2D eigenvalue weighted by molar-refractivity contribution is 0.275. The monoisotopic (exact) mass is 359 g/mol. The van der Waals surface area contributed by atoms with Gasteiger partial charge in [0.05, 0.1) is 0 Å². The van der Waals surface area contributed by atoms with Gasteiger partial charge in [-0.3, -0.25) is 0 Å². The van der Waals surface area contributed by atoms with Crippen LogP contribution in [0.4, 0.5) is 0 Å². The number of aliphatic imine (C=N–C) groups is 1. The lowest BCUT2D eigenvalue weighted by Crippen LogP contribution is -2.45. The van der Waals surface area contributed by atoms with Gasteiger partial charge in [-0.1, -0.05) is 18.9 Å². The van der Waals surface area contributed by atoms with E-state index in [0.29, 0.717) is 19.1 Å². The highest BCUT2D eigenvalue weighted by Crippen LogP contribution is 2.26. The first-order chi connectivity index (χ1) is 12.7. The number of hydrogen-bond acceptors (Lipinski definition) is 4. The number of nitrogens with zero attached hydrogens (tertiary/aromatic N) is 5. The summed E-state index contributed by atoms with van der Waals surface area (Å²) in [5, 5.41) is 15.2. The minimum atomic E-state index is 0.453. The highest BCUT2D eigenvalue weighted by molar-refractivity contribution is 5.80. The largest absolute Gasteiger partial charge is 0.353 e. The number of rotatable bonds is 7. The summed E-state index contributed by atoms with van der Waals surface area (Å²) in [5.74, 6) is 3.52. The molecule has 0 spiro atoms.